The molecule has 98 valence electrons. The first-order chi connectivity index (χ1) is 9.11. The van der Waals surface area contributed by atoms with Crippen molar-refractivity contribution >= 4 is 16.8 Å². The Kier molecular flexibility index (Phi) is 3.86. The number of aromatic amines is 1. The van der Waals surface area contributed by atoms with Crippen LogP contribution in [0.4, 0.5) is 0 Å². The Morgan fingerprint density at radius 2 is 2.16 bits per heavy atom. The lowest BCUT2D eigenvalue weighted by Crippen LogP contribution is -2.38. The fraction of sp³-hybridized carbons (Fsp3) is 0.333. The van der Waals surface area contributed by atoms with Gasteiger partial charge < -0.3 is 10.3 Å². The van der Waals surface area contributed by atoms with E-state index in [-0.39, 0.29) is 18.2 Å². The second kappa shape index (κ2) is 5.57. The summed E-state index contributed by atoms with van der Waals surface area (Å²) in [5, 5.41) is 12.8. The van der Waals surface area contributed by atoms with Crippen LogP contribution in [0.2, 0.25) is 0 Å². The third-order valence-corrected chi connectivity index (χ3v) is 3.15. The van der Waals surface area contributed by atoms with Crippen LogP contribution in [0.3, 0.4) is 0 Å². The number of benzene rings is 1. The van der Waals surface area contributed by atoms with Gasteiger partial charge in [-0.3, -0.25) is 4.79 Å². The fourth-order valence-electron chi connectivity index (χ4n) is 2.02. The van der Waals surface area contributed by atoms with Crippen molar-refractivity contribution in [1.29, 1.82) is 5.26 Å². The number of hydrogen-bond donors (Lipinski definition) is 2. The van der Waals surface area contributed by atoms with Crippen molar-refractivity contribution in [2.24, 2.45) is 5.92 Å². The van der Waals surface area contributed by atoms with Gasteiger partial charge in [-0.15, -0.1) is 0 Å². The second-order valence-electron chi connectivity index (χ2n) is 4.95. The maximum absolute atomic E-state index is 12.0. The summed E-state index contributed by atoms with van der Waals surface area (Å²) < 4.78 is 0. The van der Waals surface area contributed by atoms with Crippen molar-refractivity contribution < 1.29 is 4.79 Å². The first kappa shape index (κ1) is 13.2. The summed E-state index contributed by atoms with van der Waals surface area (Å²) in [5.41, 5.74) is 1.97. The quantitative estimate of drug-likeness (QED) is 0.880. The smallest absolute Gasteiger partial charge is 0.225 e. The van der Waals surface area contributed by atoms with E-state index in [1.807, 2.05) is 44.3 Å². The Labute approximate surface area is 112 Å². The summed E-state index contributed by atoms with van der Waals surface area (Å²) in [7, 11) is 0. The van der Waals surface area contributed by atoms with Crippen LogP contribution >= 0.6 is 0 Å². The molecular formula is C15H17N3O. The zero-order chi connectivity index (χ0) is 13.8. The number of nitriles is 1. The molecule has 0 bridgehead atoms. The summed E-state index contributed by atoms with van der Waals surface area (Å²) in [6.45, 7) is 3.83. The molecule has 0 saturated heterocycles. The van der Waals surface area contributed by atoms with Crippen LogP contribution < -0.4 is 5.32 Å². The molecule has 0 aliphatic rings. The predicted molar refractivity (Wildman–Crippen MR) is 74.4 cm³/mol. The summed E-state index contributed by atoms with van der Waals surface area (Å²) >= 11 is 0. The number of rotatable bonds is 4. The number of H-pyrrole nitrogens is 1. The van der Waals surface area contributed by atoms with Crippen LogP contribution in [0.5, 0.6) is 0 Å². The highest BCUT2D eigenvalue weighted by Crippen LogP contribution is 2.18. The Hall–Kier alpha value is -2.28. The molecule has 0 fully saturated rings. The highest BCUT2D eigenvalue weighted by Gasteiger charge is 2.16. The van der Waals surface area contributed by atoms with Gasteiger partial charge in [-0.05, 0) is 17.5 Å². The maximum atomic E-state index is 12.0. The van der Waals surface area contributed by atoms with Gasteiger partial charge in [0.15, 0.2) is 0 Å². The van der Waals surface area contributed by atoms with Crippen LogP contribution in [0.25, 0.3) is 10.9 Å². The van der Waals surface area contributed by atoms with Gasteiger partial charge in [0.1, 0.15) is 6.04 Å². The van der Waals surface area contributed by atoms with E-state index in [0.717, 1.165) is 16.5 Å². The lowest BCUT2D eigenvalue weighted by molar-refractivity contribution is -0.121. The van der Waals surface area contributed by atoms with Gasteiger partial charge in [0, 0.05) is 17.1 Å². The number of carbonyl (C=O) groups is 1. The van der Waals surface area contributed by atoms with E-state index in [2.05, 4.69) is 16.4 Å². The molecule has 19 heavy (non-hydrogen) atoms. The molecular weight excluding hydrogens is 238 g/mol. The number of amides is 1. The van der Waals surface area contributed by atoms with Crippen LogP contribution in [0.1, 0.15) is 19.4 Å². The minimum Gasteiger partial charge on any atom is -0.361 e. The molecule has 0 aliphatic heterocycles. The Morgan fingerprint density at radius 1 is 1.42 bits per heavy atom. The highest BCUT2D eigenvalue weighted by atomic mass is 16.1. The number of para-hydroxylation sites is 1. The van der Waals surface area contributed by atoms with E-state index in [9.17, 15) is 4.79 Å². The molecule has 2 N–H and O–H groups in total. The molecule has 1 unspecified atom stereocenters. The molecule has 2 aromatic rings. The van der Waals surface area contributed by atoms with Gasteiger partial charge in [0.05, 0.1) is 12.5 Å². The number of nitrogens with zero attached hydrogens (tertiary/aromatic N) is 1. The monoisotopic (exact) mass is 255 g/mol. The molecule has 1 aromatic carbocycles. The lowest BCUT2D eigenvalue weighted by Gasteiger charge is -2.14. The average Bonchev–Trinajstić information content (AvgIpc) is 2.79. The summed E-state index contributed by atoms with van der Waals surface area (Å²) in [5.74, 6) is -0.0121. The molecule has 4 heteroatoms. The largest absolute Gasteiger partial charge is 0.361 e. The number of nitrogens with one attached hydrogen (secondary N) is 2. The first-order valence-electron chi connectivity index (χ1n) is 6.35. The molecule has 0 spiro atoms. The Bertz CT molecular complexity index is 622. The minimum atomic E-state index is -0.433. The summed E-state index contributed by atoms with van der Waals surface area (Å²) in [6, 6.07) is 9.54. The highest BCUT2D eigenvalue weighted by molar-refractivity contribution is 5.89. The molecule has 1 heterocycles. The molecule has 1 amide bonds. The van der Waals surface area contributed by atoms with Crippen molar-refractivity contribution in [3.63, 3.8) is 0 Å². The van der Waals surface area contributed by atoms with E-state index in [4.69, 9.17) is 5.26 Å². The number of aromatic nitrogens is 1. The molecule has 1 atom stereocenters. The standard InChI is InChI=1S/C15H17N3O/c1-10(2)14(8-16)18-15(19)7-11-9-17-13-6-4-3-5-12(11)13/h3-6,9-10,14,17H,7H2,1-2H3,(H,18,19). The van der Waals surface area contributed by atoms with Gasteiger partial charge >= 0.3 is 0 Å². The van der Waals surface area contributed by atoms with Crippen LogP contribution in [-0.4, -0.2) is 16.9 Å². The van der Waals surface area contributed by atoms with E-state index in [0.29, 0.717) is 0 Å². The molecule has 4 nitrogen and oxygen atoms in total. The fourth-order valence-corrected chi connectivity index (χ4v) is 2.02. The molecule has 0 radical (unpaired) electrons. The average molecular weight is 255 g/mol. The van der Waals surface area contributed by atoms with Crippen molar-refractivity contribution in [1.82, 2.24) is 10.3 Å². The molecule has 1 aromatic heterocycles. The predicted octanol–water partition coefficient (Wildman–Crippen LogP) is 2.37. The van der Waals surface area contributed by atoms with Crippen molar-refractivity contribution in [2.45, 2.75) is 26.3 Å². The number of carbonyl (C=O) groups excluding carboxylic acids is 1. The van der Waals surface area contributed by atoms with Crippen LogP contribution in [-0.2, 0) is 11.2 Å². The third-order valence-electron chi connectivity index (χ3n) is 3.15. The minimum absolute atomic E-state index is 0.108. The molecule has 2 rings (SSSR count). The van der Waals surface area contributed by atoms with Gasteiger partial charge in [0.25, 0.3) is 0 Å². The second-order valence-corrected chi connectivity index (χ2v) is 4.95. The molecule has 0 aliphatic carbocycles. The molecule has 0 saturated carbocycles. The zero-order valence-corrected chi connectivity index (χ0v) is 11.1. The third kappa shape index (κ3) is 2.94. The van der Waals surface area contributed by atoms with Crippen molar-refractivity contribution in [3.05, 3.63) is 36.0 Å². The van der Waals surface area contributed by atoms with Gasteiger partial charge in [-0.25, -0.2) is 0 Å². The number of fused-ring (bicyclic) bond motifs is 1. The Balaban J connectivity index is 2.09. The maximum Gasteiger partial charge on any atom is 0.225 e. The number of hydrogen-bond acceptors (Lipinski definition) is 2. The van der Waals surface area contributed by atoms with E-state index in [1.165, 1.54) is 0 Å². The van der Waals surface area contributed by atoms with E-state index < -0.39 is 6.04 Å². The van der Waals surface area contributed by atoms with Gasteiger partial charge in [-0.1, -0.05) is 32.0 Å². The van der Waals surface area contributed by atoms with Gasteiger partial charge in [-0.2, -0.15) is 5.26 Å². The SMILES string of the molecule is CC(C)C(C#N)NC(=O)Cc1c[nH]c2ccccc12. The summed E-state index contributed by atoms with van der Waals surface area (Å²) in [4.78, 5) is 15.1. The normalized spacial score (nSPS) is 12.3. The lowest BCUT2D eigenvalue weighted by atomic mass is 10.1. The van der Waals surface area contributed by atoms with Crippen LogP contribution in [0.15, 0.2) is 30.5 Å². The topological polar surface area (TPSA) is 68.7 Å². The zero-order valence-electron chi connectivity index (χ0n) is 11.1. The van der Waals surface area contributed by atoms with Crippen molar-refractivity contribution in [3.8, 4) is 6.07 Å². The first-order valence-corrected chi connectivity index (χ1v) is 6.35. The van der Waals surface area contributed by atoms with Crippen molar-refractivity contribution in [2.75, 3.05) is 0 Å². The van der Waals surface area contributed by atoms with Crippen LogP contribution in [0, 0.1) is 17.2 Å². The Morgan fingerprint density at radius 3 is 2.84 bits per heavy atom. The van der Waals surface area contributed by atoms with E-state index >= 15 is 0 Å². The summed E-state index contributed by atoms with van der Waals surface area (Å²) in [6.07, 6.45) is 2.13. The van der Waals surface area contributed by atoms with Gasteiger partial charge in [0.2, 0.25) is 5.91 Å². The van der Waals surface area contributed by atoms with E-state index in [1.54, 1.807) is 0 Å².